The molecule has 0 aliphatic rings. The largest absolute Gasteiger partial charge is 0.497 e. The summed E-state index contributed by atoms with van der Waals surface area (Å²) in [5.74, 6) is 0.705. The second kappa shape index (κ2) is 6.63. The molecule has 1 heterocycles. The monoisotopic (exact) mass is 369 g/mol. The molecule has 0 radical (unpaired) electrons. The van der Waals surface area contributed by atoms with Gasteiger partial charge in [0, 0.05) is 25.9 Å². The van der Waals surface area contributed by atoms with Crippen molar-refractivity contribution in [1.29, 1.82) is 0 Å². The van der Waals surface area contributed by atoms with Gasteiger partial charge >= 0.3 is 5.69 Å². The van der Waals surface area contributed by atoms with Crippen LogP contribution >= 0.6 is 0 Å². The van der Waals surface area contributed by atoms with Gasteiger partial charge in [-0.25, -0.2) is 13.2 Å². The summed E-state index contributed by atoms with van der Waals surface area (Å²) < 4.78 is 39.9. The van der Waals surface area contributed by atoms with Gasteiger partial charge in [-0.1, -0.05) is 0 Å². The Morgan fingerprint density at radius 2 is 1.68 bits per heavy atom. The molecule has 0 atom stereocenters. The summed E-state index contributed by atoms with van der Waals surface area (Å²) in [6, 6.07) is 4.51. The lowest BCUT2D eigenvalue weighted by Crippen LogP contribution is -2.42. The van der Waals surface area contributed by atoms with Crippen LogP contribution in [0.5, 0.6) is 11.5 Å². The van der Waals surface area contributed by atoms with E-state index in [0.717, 1.165) is 9.13 Å². The summed E-state index contributed by atoms with van der Waals surface area (Å²) in [6.45, 7) is 1.39. The minimum atomic E-state index is -4.25. The Kier molecular flexibility index (Phi) is 4.93. The fourth-order valence-corrected chi connectivity index (χ4v) is 3.76. The van der Waals surface area contributed by atoms with Crippen molar-refractivity contribution in [2.24, 2.45) is 14.1 Å². The van der Waals surface area contributed by atoms with Crippen LogP contribution in [0.1, 0.15) is 5.69 Å². The third-order valence-corrected chi connectivity index (χ3v) is 5.32. The molecule has 136 valence electrons. The molecule has 10 heteroatoms. The molecule has 0 aliphatic heterocycles. The lowest BCUT2D eigenvalue weighted by molar-refractivity contribution is 0.395. The predicted octanol–water partition coefficient (Wildman–Crippen LogP) is 0.210. The number of anilines is 1. The van der Waals surface area contributed by atoms with Crippen molar-refractivity contribution in [3.8, 4) is 11.5 Å². The summed E-state index contributed by atoms with van der Waals surface area (Å²) in [5.41, 5.74) is -1.34. The third kappa shape index (κ3) is 3.25. The maximum atomic E-state index is 12.8. The molecule has 1 N–H and O–H groups in total. The van der Waals surface area contributed by atoms with Gasteiger partial charge in [0.25, 0.3) is 15.6 Å². The highest BCUT2D eigenvalue weighted by Crippen LogP contribution is 2.30. The molecule has 0 spiro atoms. The molecule has 1 aromatic carbocycles. The van der Waals surface area contributed by atoms with Gasteiger partial charge in [-0.2, -0.15) is 0 Å². The number of hydrogen-bond acceptors (Lipinski definition) is 6. The third-order valence-electron chi connectivity index (χ3n) is 3.83. The maximum absolute atomic E-state index is 12.8. The molecule has 0 fully saturated rings. The first-order valence-corrected chi connectivity index (χ1v) is 8.63. The van der Waals surface area contributed by atoms with Crippen LogP contribution in [0.4, 0.5) is 5.69 Å². The van der Waals surface area contributed by atoms with Gasteiger partial charge < -0.3 is 9.47 Å². The van der Waals surface area contributed by atoms with Gasteiger partial charge in [-0.15, -0.1) is 0 Å². The van der Waals surface area contributed by atoms with Gasteiger partial charge in [0.15, 0.2) is 4.90 Å². The average molecular weight is 369 g/mol. The molecule has 0 bridgehead atoms. The van der Waals surface area contributed by atoms with Crippen molar-refractivity contribution in [2.45, 2.75) is 11.8 Å². The smallest absolute Gasteiger partial charge is 0.330 e. The fourth-order valence-electron chi connectivity index (χ4n) is 2.30. The summed E-state index contributed by atoms with van der Waals surface area (Å²) in [7, 11) is 1.21. The molecule has 1 aromatic heterocycles. The van der Waals surface area contributed by atoms with Crippen molar-refractivity contribution in [2.75, 3.05) is 18.9 Å². The fraction of sp³-hybridized carbons (Fsp3) is 0.333. The molecule has 9 nitrogen and oxygen atoms in total. The van der Waals surface area contributed by atoms with Crippen LogP contribution in [-0.2, 0) is 24.1 Å². The number of rotatable bonds is 5. The van der Waals surface area contributed by atoms with Crippen molar-refractivity contribution in [1.82, 2.24) is 9.13 Å². The molecular weight excluding hydrogens is 350 g/mol. The summed E-state index contributed by atoms with van der Waals surface area (Å²) in [6.07, 6.45) is 0. The molecule has 0 amide bonds. The summed E-state index contributed by atoms with van der Waals surface area (Å²) in [5, 5.41) is 0. The van der Waals surface area contributed by atoms with Gasteiger partial charge in [0.2, 0.25) is 0 Å². The Labute approximate surface area is 144 Å². The second-order valence-electron chi connectivity index (χ2n) is 5.29. The van der Waals surface area contributed by atoms with Crippen molar-refractivity contribution < 1.29 is 17.9 Å². The molecule has 0 unspecified atom stereocenters. The topological polar surface area (TPSA) is 109 Å². The van der Waals surface area contributed by atoms with Gasteiger partial charge in [-0.05, 0) is 19.1 Å². The lowest BCUT2D eigenvalue weighted by atomic mass is 10.3. The Morgan fingerprint density at radius 1 is 1.04 bits per heavy atom. The quantitative estimate of drug-likeness (QED) is 0.807. The molecule has 0 saturated heterocycles. The number of sulfonamides is 1. The molecule has 25 heavy (non-hydrogen) atoms. The Hall–Kier alpha value is -2.75. The number of aromatic nitrogens is 2. The van der Waals surface area contributed by atoms with Gasteiger partial charge in [0.1, 0.15) is 11.5 Å². The van der Waals surface area contributed by atoms with E-state index in [9.17, 15) is 18.0 Å². The zero-order chi connectivity index (χ0) is 18.9. The zero-order valence-corrected chi connectivity index (χ0v) is 15.3. The number of nitrogens with zero attached hydrogens (tertiary/aromatic N) is 2. The van der Waals surface area contributed by atoms with E-state index in [1.807, 2.05) is 0 Å². The number of methoxy groups -OCH3 is 2. The zero-order valence-electron chi connectivity index (χ0n) is 14.5. The van der Waals surface area contributed by atoms with Crippen LogP contribution in [-0.4, -0.2) is 31.8 Å². The van der Waals surface area contributed by atoms with E-state index in [1.54, 1.807) is 6.07 Å². The Bertz CT molecular complexity index is 1040. The van der Waals surface area contributed by atoms with E-state index in [2.05, 4.69) is 4.72 Å². The predicted molar refractivity (Wildman–Crippen MR) is 92.0 cm³/mol. The highest BCUT2D eigenvalue weighted by molar-refractivity contribution is 7.92. The first-order valence-electron chi connectivity index (χ1n) is 7.15. The molecule has 0 aliphatic carbocycles. The van der Waals surface area contributed by atoms with Crippen LogP contribution in [0.25, 0.3) is 0 Å². The highest BCUT2D eigenvalue weighted by Gasteiger charge is 2.26. The number of hydrogen-bond donors (Lipinski definition) is 1. The number of ether oxygens (including phenoxy) is 2. The molecule has 2 aromatic rings. The second-order valence-corrected chi connectivity index (χ2v) is 6.91. The number of benzene rings is 1. The van der Waals surface area contributed by atoms with Gasteiger partial charge in [0.05, 0.1) is 19.9 Å². The Balaban J connectivity index is 2.63. The maximum Gasteiger partial charge on any atom is 0.330 e. The number of nitrogens with one attached hydrogen (secondary N) is 1. The highest BCUT2D eigenvalue weighted by atomic mass is 32.2. The van der Waals surface area contributed by atoms with Crippen LogP contribution in [0, 0.1) is 6.92 Å². The van der Waals surface area contributed by atoms with E-state index in [1.165, 1.54) is 47.4 Å². The minimum absolute atomic E-state index is 0.0353. The summed E-state index contributed by atoms with van der Waals surface area (Å²) in [4.78, 5) is 23.7. The van der Waals surface area contributed by atoms with E-state index < -0.39 is 26.2 Å². The van der Waals surface area contributed by atoms with Crippen LogP contribution in [0.3, 0.4) is 0 Å². The minimum Gasteiger partial charge on any atom is -0.497 e. The van der Waals surface area contributed by atoms with Crippen LogP contribution < -0.4 is 25.4 Å². The van der Waals surface area contributed by atoms with Crippen LogP contribution in [0.2, 0.25) is 0 Å². The lowest BCUT2D eigenvalue weighted by Gasteiger charge is -2.15. The van der Waals surface area contributed by atoms with Crippen LogP contribution in [0.15, 0.2) is 32.7 Å². The SMILES string of the molecule is COc1ccc(NS(=O)(=O)c2c(C)n(C)c(=O)n(C)c2=O)c(OC)c1. The van der Waals surface area contributed by atoms with E-state index in [4.69, 9.17) is 9.47 Å². The first kappa shape index (κ1) is 18.6. The van der Waals surface area contributed by atoms with Gasteiger partial charge in [-0.3, -0.25) is 18.7 Å². The van der Waals surface area contributed by atoms with Crippen molar-refractivity contribution >= 4 is 15.7 Å². The van der Waals surface area contributed by atoms with E-state index in [-0.39, 0.29) is 17.1 Å². The van der Waals surface area contributed by atoms with E-state index in [0.29, 0.717) is 5.75 Å². The standard InChI is InChI=1S/C15H19N3O6S/c1-9-13(14(19)18(3)15(20)17(9)2)25(21,22)16-11-7-6-10(23-4)8-12(11)24-5/h6-8,16H,1-5H3. The molecule has 0 saturated carbocycles. The molecule has 2 rings (SSSR count). The van der Waals surface area contributed by atoms with Crippen molar-refractivity contribution in [3.05, 3.63) is 44.7 Å². The summed E-state index contributed by atoms with van der Waals surface area (Å²) >= 11 is 0. The Morgan fingerprint density at radius 3 is 2.24 bits per heavy atom. The average Bonchev–Trinajstić information content (AvgIpc) is 2.58. The molecular formula is C15H19N3O6S. The normalized spacial score (nSPS) is 11.2. The first-order chi connectivity index (χ1) is 11.6. The van der Waals surface area contributed by atoms with Crippen molar-refractivity contribution in [3.63, 3.8) is 0 Å². The van der Waals surface area contributed by atoms with E-state index >= 15 is 0 Å².